The minimum absolute atomic E-state index is 0.0386. The van der Waals surface area contributed by atoms with Gasteiger partial charge in [0.05, 0.1) is 0 Å². The molecule has 168 valence electrons. The normalized spacial score (nSPS) is 42.9. The molecule has 5 atom stereocenters. The largest absolute Gasteiger partial charge is 0.504 e. The fraction of sp³-hybridized carbons (Fsp3) is 0.655. The van der Waals surface area contributed by atoms with Crippen molar-refractivity contribution in [3.63, 3.8) is 0 Å². The highest BCUT2D eigenvalue weighted by Gasteiger charge is 2.65. The molecule has 0 aromatic heterocycles. The van der Waals surface area contributed by atoms with E-state index in [1.54, 1.807) is 0 Å². The highest BCUT2D eigenvalue weighted by Crippen LogP contribution is 2.74. The molecule has 1 aromatic rings. The summed E-state index contributed by atoms with van der Waals surface area (Å²) < 4.78 is 0. The van der Waals surface area contributed by atoms with Gasteiger partial charge < -0.3 is 10.2 Å². The molecule has 0 spiro atoms. The Hall–Kier alpha value is -1.70. The van der Waals surface area contributed by atoms with Crippen molar-refractivity contribution in [1.29, 1.82) is 0 Å². The average molecular weight is 421 g/mol. The summed E-state index contributed by atoms with van der Waals surface area (Å²) in [6.45, 7) is 19.1. The maximum Gasteiger partial charge on any atom is 0.164 e. The highest BCUT2D eigenvalue weighted by molar-refractivity contribution is 5.61. The Balaban J connectivity index is 1.69. The predicted molar refractivity (Wildman–Crippen MR) is 128 cm³/mol. The number of benzene rings is 1. The maximum atomic E-state index is 10.4. The Labute approximate surface area is 187 Å². The van der Waals surface area contributed by atoms with Crippen molar-refractivity contribution >= 4 is 12.7 Å². The lowest BCUT2D eigenvalue weighted by atomic mass is 9.35. The third-order valence-electron chi connectivity index (χ3n) is 11.0. The summed E-state index contributed by atoms with van der Waals surface area (Å²) in [5, 5.41) is 22.3. The van der Waals surface area contributed by atoms with Crippen LogP contribution in [0, 0.1) is 27.6 Å². The fourth-order valence-corrected chi connectivity index (χ4v) is 8.53. The molecule has 5 rings (SSSR count). The second-order valence-corrected chi connectivity index (χ2v) is 13.1. The number of rotatable bonds is 0. The molecular weight excluding hydrogens is 380 g/mol. The number of fused-ring (bicyclic) bond motifs is 7. The second-order valence-electron chi connectivity index (χ2n) is 13.1. The molecule has 0 radical (unpaired) electrons. The van der Waals surface area contributed by atoms with Gasteiger partial charge in [0.25, 0.3) is 0 Å². The number of aromatic hydroxyl groups is 2. The fourth-order valence-electron chi connectivity index (χ4n) is 8.53. The van der Waals surface area contributed by atoms with E-state index in [0.717, 1.165) is 23.1 Å². The molecular formula is C29H40O2. The number of phenolic OH excluding ortho intramolecular Hbond substituents is 2. The van der Waals surface area contributed by atoms with Gasteiger partial charge in [-0.2, -0.15) is 0 Å². The van der Waals surface area contributed by atoms with E-state index < -0.39 is 0 Å². The van der Waals surface area contributed by atoms with Gasteiger partial charge in [0.2, 0.25) is 0 Å². The van der Waals surface area contributed by atoms with Crippen molar-refractivity contribution < 1.29 is 10.2 Å². The van der Waals surface area contributed by atoms with Crippen molar-refractivity contribution in [2.45, 2.75) is 91.9 Å². The number of phenols is 2. The molecule has 1 aromatic carbocycles. The summed E-state index contributed by atoms with van der Waals surface area (Å²) in [5.41, 5.74) is 3.87. The van der Waals surface area contributed by atoms with Gasteiger partial charge in [0.1, 0.15) is 0 Å². The molecule has 4 aliphatic carbocycles. The summed E-state index contributed by atoms with van der Waals surface area (Å²) >= 11 is 0. The van der Waals surface area contributed by atoms with E-state index in [9.17, 15) is 10.2 Å². The first kappa shape index (κ1) is 21.2. The summed E-state index contributed by atoms with van der Waals surface area (Å²) in [6, 6.07) is 1.81. The monoisotopic (exact) mass is 420 g/mol. The molecule has 0 amide bonds. The summed E-state index contributed by atoms with van der Waals surface area (Å²) in [7, 11) is 0. The maximum absolute atomic E-state index is 10.4. The standard InChI is InChI=1S/C29H40O2/c1-18-19-8-9-22-27(5,20(19)16-21(30)24(18)31)13-15-29(7)23-17-25(2,3)10-11-26(23,4)12-14-28(22,29)6/h8-9,16,23,30-31H,1,10-15,17H2,2-7H3. The van der Waals surface area contributed by atoms with Crippen LogP contribution < -0.4 is 10.4 Å². The lowest BCUT2D eigenvalue weighted by Crippen LogP contribution is -2.62. The lowest BCUT2D eigenvalue weighted by molar-refractivity contribution is -0.156. The quantitative estimate of drug-likeness (QED) is 0.512. The first-order valence-corrected chi connectivity index (χ1v) is 12.2. The second kappa shape index (κ2) is 6.00. The van der Waals surface area contributed by atoms with E-state index in [0.29, 0.717) is 16.0 Å². The van der Waals surface area contributed by atoms with Gasteiger partial charge in [-0.05, 0) is 89.4 Å². The van der Waals surface area contributed by atoms with E-state index in [1.165, 1.54) is 44.1 Å². The Morgan fingerprint density at radius 3 is 2.26 bits per heavy atom. The average Bonchev–Trinajstić information content (AvgIpc) is 2.70. The van der Waals surface area contributed by atoms with Crippen LogP contribution in [0.5, 0.6) is 11.5 Å². The zero-order valence-electron chi connectivity index (χ0n) is 20.4. The molecule has 2 N–H and O–H groups in total. The van der Waals surface area contributed by atoms with Gasteiger partial charge in [-0.15, -0.1) is 0 Å². The van der Waals surface area contributed by atoms with Crippen LogP contribution in [0.2, 0.25) is 0 Å². The lowest BCUT2D eigenvalue weighted by Gasteiger charge is -2.69. The van der Waals surface area contributed by atoms with Gasteiger partial charge in [0, 0.05) is 10.6 Å². The van der Waals surface area contributed by atoms with Crippen LogP contribution in [-0.4, -0.2) is 10.2 Å². The molecule has 0 bridgehead atoms. The van der Waals surface area contributed by atoms with Crippen molar-refractivity contribution in [3.05, 3.63) is 33.7 Å². The van der Waals surface area contributed by atoms with E-state index in [1.807, 2.05) is 6.07 Å². The van der Waals surface area contributed by atoms with Crippen molar-refractivity contribution in [2.75, 3.05) is 0 Å². The molecule has 0 aliphatic heterocycles. The van der Waals surface area contributed by atoms with E-state index in [-0.39, 0.29) is 27.7 Å². The van der Waals surface area contributed by atoms with Gasteiger partial charge >= 0.3 is 0 Å². The Morgan fingerprint density at radius 1 is 0.871 bits per heavy atom. The Bertz CT molecular complexity index is 1110. The Morgan fingerprint density at radius 2 is 1.55 bits per heavy atom. The van der Waals surface area contributed by atoms with Crippen LogP contribution in [0.4, 0.5) is 0 Å². The van der Waals surface area contributed by atoms with Crippen LogP contribution in [-0.2, 0) is 5.41 Å². The van der Waals surface area contributed by atoms with Gasteiger partial charge in [-0.25, -0.2) is 0 Å². The highest BCUT2D eigenvalue weighted by atomic mass is 16.3. The minimum Gasteiger partial charge on any atom is -0.504 e. The van der Waals surface area contributed by atoms with Crippen LogP contribution in [0.1, 0.15) is 92.1 Å². The molecule has 2 heteroatoms. The van der Waals surface area contributed by atoms with E-state index in [4.69, 9.17) is 0 Å². The topological polar surface area (TPSA) is 40.5 Å². The third-order valence-corrected chi connectivity index (χ3v) is 11.0. The molecule has 3 fully saturated rings. The number of allylic oxidation sites excluding steroid dienone is 2. The van der Waals surface area contributed by atoms with Crippen molar-refractivity contribution in [1.82, 2.24) is 0 Å². The molecule has 0 heterocycles. The SMILES string of the molecule is C=c1c(O)c(O)cc2c1=CC=C1C2(C)CCC2(C)C3CC(C)(C)CCC3(C)CCC12C. The van der Waals surface area contributed by atoms with Crippen molar-refractivity contribution in [3.8, 4) is 11.5 Å². The predicted octanol–water partition coefficient (Wildman–Crippen LogP) is 5.92. The molecule has 3 saturated carbocycles. The molecule has 0 saturated heterocycles. The zero-order chi connectivity index (χ0) is 22.6. The first-order valence-electron chi connectivity index (χ1n) is 12.2. The minimum atomic E-state index is -0.117. The van der Waals surface area contributed by atoms with Crippen LogP contribution in [0.25, 0.3) is 12.7 Å². The molecule has 2 nitrogen and oxygen atoms in total. The summed E-state index contributed by atoms with van der Waals surface area (Å²) in [5.74, 6) is 0.620. The van der Waals surface area contributed by atoms with Gasteiger partial charge in [-0.3, -0.25) is 0 Å². The molecule has 4 aliphatic rings. The first-order chi connectivity index (χ1) is 14.3. The Kier molecular flexibility index (Phi) is 4.09. The number of hydrogen-bond acceptors (Lipinski definition) is 2. The summed E-state index contributed by atoms with van der Waals surface area (Å²) in [4.78, 5) is 0. The van der Waals surface area contributed by atoms with Crippen LogP contribution >= 0.6 is 0 Å². The third kappa shape index (κ3) is 2.51. The summed E-state index contributed by atoms with van der Waals surface area (Å²) in [6.07, 6.45) is 13.4. The van der Waals surface area contributed by atoms with E-state index in [2.05, 4.69) is 60.3 Å². The molecule has 31 heavy (non-hydrogen) atoms. The zero-order valence-corrected chi connectivity index (χ0v) is 20.4. The number of hydrogen-bond donors (Lipinski definition) is 2. The van der Waals surface area contributed by atoms with Crippen molar-refractivity contribution in [2.24, 2.45) is 27.6 Å². The molecule has 5 unspecified atom stereocenters. The van der Waals surface area contributed by atoms with Gasteiger partial charge in [-0.1, -0.05) is 65.8 Å². The van der Waals surface area contributed by atoms with E-state index >= 15 is 0 Å². The van der Waals surface area contributed by atoms with Crippen LogP contribution in [0.3, 0.4) is 0 Å². The smallest absolute Gasteiger partial charge is 0.164 e. The van der Waals surface area contributed by atoms with Gasteiger partial charge in [0.15, 0.2) is 11.5 Å². The van der Waals surface area contributed by atoms with Crippen LogP contribution in [0.15, 0.2) is 17.7 Å².